The van der Waals surface area contributed by atoms with E-state index in [0.717, 1.165) is 25.7 Å². The van der Waals surface area contributed by atoms with E-state index in [9.17, 15) is 8.42 Å². The van der Waals surface area contributed by atoms with Crippen LogP contribution in [0.25, 0.3) is 0 Å². The van der Waals surface area contributed by atoms with Crippen LogP contribution in [0.4, 0.5) is 0 Å². The third kappa shape index (κ3) is 0.955. The van der Waals surface area contributed by atoms with Crippen molar-refractivity contribution in [2.24, 2.45) is 23.5 Å². The summed E-state index contributed by atoms with van der Waals surface area (Å²) in [7, 11) is -3.75. The molecule has 1 saturated heterocycles. The lowest BCUT2D eigenvalue weighted by atomic mass is 9.50. The molecule has 90 valence electrons. The van der Waals surface area contributed by atoms with Crippen molar-refractivity contribution in [2.45, 2.75) is 43.4 Å². The van der Waals surface area contributed by atoms with Crippen molar-refractivity contribution in [3.05, 3.63) is 0 Å². The molecule has 5 fully saturated rings. The second kappa shape index (κ2) is 2.48. The van der Waals surface area contributed by atoms with Gasteiger partial charge in [-0.05, 0) is 43.9 Å². The summed E-state index contributed by atoms with van der Waals surface area (Å²) in [5.74, 6) is 0.443. The Labute approximate surface area is 94.6 Å². The summed E-state index contributed by atoms with van der Waals surface area (Å²) in [4.78, 5) is 0. The zero-order valence-corrected chi connectivity index (χ0v) is 9.70. The van der Waals surface area contributed by atoms with E-state index in [2.05, 4.69) is 0 Å². The minimum atomic E-state index is -3.75. The summed E-state index contributed by atoms with van der Waals surface area (Å²) in [5, 5.41) is 0. The Morgan fingerprint density at radius 3 is 2.06 bits per heavy atom. The smallest absolute Gasteiger partial charge is 0.321 e. The van der Waals surface area contributed by atoms with E-state index in [1.54, 1.807) is 0 Å². The summed E-state index contributed by atoms with van der Waals surface area (Å²) >= 11 is 0. The standard InChI is InChI=1S/C10H15NO4S/c11-9-4-6-1-7(5-9)3-8(2-6)10(9)14-16(12,13)15-10/h6-8H,1-5,11H2. The highest BCUT2D eigenvalue weighted by molar-refractivity contribution is 7.82. The van der Waals surface area contributed by atoms with Gasteiger partial charge in [-0.15, -0.1) is 0 Å². The molecule has 6 heteroatoms. The van der Waals surface area contributed by atoms with Crippen LogP contribution in [-0.2, 0) is 18.8 Å². The fourth-order valence-corrected chi connectivity index (χ4v) is 5.85. The van der Waals surface area contributed by atoms with E-state index >= 15 is 0 Å². The van der Waals surface area contributed by atoms with Gasteiger partial charge in [0.25, 0.3) is 0 Å². The van der Waals surface area contributed by atoms with Gasteiger partial charge in [-0.25, -0.2) is 8.37 Å². The molecule has 0 aromatic rings. The molecule has 5 aliphatic rings. The minimum Gasteiger partial charge on any atom is -0.321 e. The van der Waals surface area contributed by atoms with Crippen molar-refractivity contribution in [3.8, 4) is 0 Å². The van der Waals surface area contributed by atoms with Gasteiger partial charge in [-0.2, -0.15) is 8.42 Å². The van der Waals surface area contributed by atoms with Gasteiger partial charge in [0.05, 0.1) is 5.54 Å². The van der Waals surface area contributed by atoms with E-state index in [1.807, 2.05) is 0 Å². The lowest BCUT2D eigenvalue weighted by Crippen LogP contribution is -2.79. The van der Waals surface area contributed by atoms with Crippen LogP contribution in [0.15, 0.2) is 0 Å². The molecular formula is C10H15NO4S. The van der Waals surface area contributed by atoms with Crippen LogP contribution in [0.2, 0.25) is 0 Å². The SMILES string of the molecule is NC12CC3CC(CC(C3)C13OS(=O)(=O)O3)C2. The third-order valence-corrected chi connectivity index (χ3v) is 5.79. The van der Waals surface area contributed by atoms with Crippen molar-refractivity contribution in [1.29, 1.82) is 0 Å². The van der Waals surface area contributed by atoms with Crippen LogP contribution in [-0.4, -0.2) is 19.7 Å². The van der Waals surface area contributed by atoms with Gasteiger partial charge in [0, 0.05) is 5.92 Å². The van der Waals surface area contributed by atoms with Gasteiger partial charge in [0.2, 0.25) is 5.79 Å². The predicted molar refractivity (Wildman–Crippen MR) is 54.3 cm³/mol. The molecule has 1 heterocycles. The molecule has 0 amide bonds. The first kappa shape index (κ1) is 9.82. The molecule has 4 bridgehead atoms. The largest absolute Gasteiger partial charge is 0.405 e. The maximum atomic E-state index is 11.1. The van der Waals surface area contributed by atoms with Gasteiger partial charge in [0.15, 0.2) is 0 Å². The maximum Gasteiger partial charge on any atom is 0.405 e. The summed E-state index contributed by atoms with van der Waals surface area (Å²) < 4.78 is 32.5. The molecule has 0 aromatic heterocycles. The molecule has 16 heavy (non-hydrogen) atoms. The molecule has 0 radical (unpaired) electrons. The van der Waals surface area contributed by atoms with Crippen LogP contribution in [0.3, 0.4) is 0 Å². The normalized spacial score (nSPS) is 55.2. The zero-order chi connectivity index (χ0) is 11.2. The maximum absolute atomic E-state index is 11.1. The van der Waals surface area contributed by atoms with Crippen molar-refractivity contribution in [2.75, 3.05) is 0 Å². The Morgan fingerprint density at radius 1 is 1.06 bits per heavy atom. The summed E-state index contributed by atoms with van der Waals surface area (Å²) in [5.41, 5.74) is 5.79. The van der Waals surface area contributed by atoms with E-state index < -0.39 is 21.7 Å². The van der Waals surface area contributed by atoms with Crippen LogP contribution in [0.5, 0.6) is 0 Å². The number of hydrogen-bond donors (Lipinski definition) is 1. The van der Waals surface area contributed by atoms with Gasteiger partial charge in [0.1, 0.15) is 0 Å². The first-order chi connectivity index (χ1) is 7.43. The molecule has 2 atom stereocenters. The van der Waals surface area contributed by atoms with Gasteiger partial charge >= 0.3 is 10.4 Å². The highest BCUT2D eigenvalue weighted by atomic mass is 32.3. The quantitative estimate of drug-likeness (QED) is 0.672. The topological polar surface area (TPSA) is 78.6 Å². The van der Waals surface area contributed by atoms with Crippen molar-refractivity contribution in [1.82, 2.24) is 0 Å². The fraction of sp³-hybridized carbons (Fsp3) is 1.00. The van der Waals surface area contributed by atoms with Crippen LogP contribution < -0.4 is 5.73 Å². The summed E-state index contributed by atoms with van der Waals surface area (Å²) in [6.45, 7) is 0. The molecule has 5 rings (SSSR count). The number of nitrogens with two attached hydrogens (primary N) is 1. The second-order valence-electron chi connectivity index (χ2n) is 5.94. The van der Waals surface area contributed by atoms with E-state index in [4.69, 9.17) is 14.1 Å². The summed E-state index contributed by atoms with van der Waals surface area (Å²) in [6.07, 6.45) is 4.94. The zero-order valence-electron chi connectivity index (χ0n) is 8.89. The van der Waals surface area contributed by atoms with Crippen molar-refractivity contribution >= 4 is 10.4 Å². The van der Waals surface area contributed by atoms with Gasteiger partial charge in [-0.3, -0.25) is 0 Å². The lowest BCUT2D eigenvalue weighted by molar-refractivity contribution is -0.315. The molecule has 5 nitrogen and oxygen atoms in total. The van der Waals surface area contributed by atoms with Gasteiger partial charge in [-0.1, -0.05) is 0 Å². The van der Waals surface area contributed by atoms with Crippen molar-refractivity contribution < 1.29 is 16.8 Å². The average molecular weight is 245 g/mol. The van der Waals surface area contributed by atoms with Crippen LogP contribution in [0, 0.1) is 17.8 Å². The Kier molecular flexibility index (Phi) is 1.52. The first-order valence-electron chi connectivity index (χ1n) is 5.88. The molecule has 2 N–H and O–H groups in total. The predicted octanol–water partition coefficient (Wildman–Crippen LogP) is 0.512. The van der Waals surface area contributed by atoms with Gasteiger partial charge < -0.3 is 5.73 Å². The van der Waals surface area contributed by atoms with E-state index in [0.29, 0.717) is 11.8 Å². The van der Waals surface area contributed by atoms with E-state index in [-0.39, 0.29) is 5.92 Å². The second-order valence-corrected chi connectivity index (χ2v) is 7.09. The Hall–Kier alpha value is -0.170. The summed E-state index contributed by atoms with van der Waals surface area (Å²) in [6, 6.07) is 0. The molecule has 4 saturated carbocycles. The Bertz CT molecular complexity index is 433. The third-order valence-electron chi connectivity index (χ3n) is 4.89. The average Bonchev–Trinajstić information content (AvgIpc) is 2.08. The van der Waals surface area contributed by atoms with Crippen LogP contribution >= 0.6 is 0 Å². The Balaban J connectivity index is 1.79. The highest BCUT2D eigenvalue weighted by Crippen LogP contribution is 2.64. The number of rotatable bonds is 0. The first-order valence-corrected chi connectivity index (χ1v) is 7.21. The Morgan fingerprint density at radius 2 is 1.62 bits per heavy atom. The van der Waals surface area contributed by atoms with Crippen molar-refractivity contribution in [3.63, 3.8) is 0 Å². The molecule has 2 unspecified atom stereocenters. The highest BCUT2D eigenvalue weighted by Gasteiger charge is 2.74. The monoisotopic (exact) mass is 245 g/mol. The lowest BCUT2D eigenvalue weighted by Gasteiger charge is -2.66. The molecule has 1 spiro atoms. The van der Waals surface area contributed by atoms with Crippen LogP contribution in [0.1, 0.15) is 32.1 Å². The molecular weight excluding hydrogens is 230 g/mol. The number of hydrogen-bond acceptors (Lipinski definition) is 5. The van der Waals surface area contributed by atoms with E-state index in [1.165, 1.54) is 6.42 Å². The molecule has 0 aromatic carbocycles. The minimum absolute atomic E-state index is 0.173. The molecule has 4 aliphatic carbocycles. The molecule has 1 aliphatic heterocycles. The fourth-order valence-electron chi connectivity index (χ4n) is 4.62.